The minimum atomic E-state index is -0.813. The number of hydrogen-bond acceptors (Lipinski definition) is 4. The molecule has 1 aliphatic heterocycles. The van der Waals surface area contributed by atoms with E-state index >= 15 is 0 Å². The van der Waals surface area contributed by atoms with Gasteiger partial charge >= 0.3 is 11.7 Å². The van der Waals surface area contributed by atoms with Crippen molar-refractivity contribution in [2.45, 2.75) is 17.4 Å². The number of carboxylic acid groups (broad SMARTS) is 1. The van der Waals surface area contributed by atoms with Crippen LogP contribution in [-0.2, 0) is 17.0 Å². The lowest BCUT2D eigenvalue weighted by molar-refractivity contribution is -0.136. The number of hydrogen-bond donors (Lipinski definition) is 2. The molecule has 0 aromatic carbocycles. The maximum atomic E-state index is 10.9. The average Bonchev–Trinajstić information content (AvgIpc) is 2.16. The van der Waals surface area contributed by atoms with Crippen molar-refractivity contribution in [2.24, 2.45) is 0 Å². The Bertz CT molecular complexity index is 429. The highest BCUT2D eigenvalue weighted by molar-refractivity contribution is 7.99. The van der Waals surface area contributed by atoms with Crippen LogP contribution >= 0.6 is 11.8 Å². The zero-order valence-electron chi connectivity index (χ0n) is 7.19. The summed E-state index contributed by atoms with van der Waals surface area (Å²) in [6, 6.07) is 0. The van der Waals surface area contributed by atoms with Crippen LogP contribution in [0, 0.1) is 0 Å². The lowest BCUT2D eigenvalue weighted by Gasteiger charge is -2.19. The first-order chi connectivity index (χ1) is 6.66. The van der Waals surface area contributed by atoms with Crippen LogP contribution in [-0.4, -0.2) is 26.3 Å². The number of aromatic amines is 1. The molecule has 5 nitrogen and oxygen atoms in total. The van der Waals surface area contributed by atoms with E-state index < -0.39 is 11.2 Å². The van der Waals surface area contributed by atoms with E-state index in [2.05, 4.69) is 9.97 Å². The van der Waals surface area contributed by atoms with E-state index in [0.717, 1.165) is 11.3 Å². The lowest BCUT2D eigenvalue weighted by atomic mass is 10.1. The maximum Gasteiger partial charge on any atom is 0.345 e. The van der Waals surface area contributed by atoms with Gasteiger partial charge in [0.1, 0.15) is 5.25 Å². The van der Waals surface area contributed by atoms with Crippen LogP contribution in [0.4, 0.5) is 0 Å². The van der Waals surface area contributed by atoms with Gasteiger partial charge in [-0.2, -0.15) is 0 Å². The SMILES string of the molecule is O=C(O)[C@@H]1Cc2cnc(=O)[nH]c2CS1. The first-order valence-corrected chi connectivity index (χ1v) is 5.13. The lowest BCUT2D eigenvalue weighted by Crippen LogP contribution is -2.26. The minimum absolute atomic E-state index is 0.377. The number of carboxylic acids is 1. The van der Waals surface area contributed by atoms with Gasteiger partial charge in [-0.25, -0.2) is 9.78 Å². The van der Waals surface area contributed by atoms with E-state index in [9.17, 15) is 9.59 Å². The normalized spacial score (nSPS) is 20.1. The number of thioether (sulfide) groups is 1. The molecular formula is C8H8N2O3S. The van der Waals surface area contributed by atoms with Gasteiger partial charge in [0.25, 0.3) is 0 Å². The number of aliphatic carboxylic acids is 1. The molecule has 0 radical (unpaired) electrons. The van der Waals surface area contributed by atoms with Crippen molar-refractivity contribution in [1.82, 2.24) is 9.97 Å². The predicted molar refractivity (Wildman–Crippen MR) is 51.3 cm³/mol. The minimum Gasteiger partial charge on any atom is -0.480 e. The summed E-state index contributed by atoms with van der Waals surface area (Å²) in [4.78, 5) is 27.8. The standard InChI is InChI=1S/C8H8N2O3S/c11-7(12)6-1-4-2-9-8(13)10-5(4)3-14-6/h2,6H,1,3H2,(H,11,12)(H,9,10,13)/t6-/m0/s1. The molecular weight excluding hydrogens is 204 g/mol. The summed E-state index contributed by atoms with van der Waals surface area (Å²) < 4.78 is 0. The van der Waals surface area contributed by atoms with Crippen molar-refractivity contribution in [3.05, 3.63) is 27.9 Å². The van der Waals surface area contributed by atoms with Gasteiger partial charge in [0.2, 0.25) is 0 Å². The Labute approximate surface area is 83.6 Å². The molecule has 0 aliphatic carbocycles. The van der Waals surface area contributed by atoms with Crippen molar-refractivity contribution in [2.75, 3.05) is 0 Å². The topological polar surface area (TPSA) is 83.0 Å². The monoisotopic (exact) mass is 212 g/mol. The van der Waals surface area contributed by atoms with Crippen LogP contribution in [0.3, 0.4) is 0 Å². The first-order valence-electron chi connectivity index (χ1n) is 4.08. The zero-order valence-corrected chi connectivity index (χ0v) is 8.00. The number of nitrogens with one attached hydrogen (secondary N) is 1. The van der Waals surface area contributed by atoms with E-state index in [1.807, 2.05) is 0 Å². The fourth-order valence-electron chi connectivity index (χ4n) is 1.36. The first kappa shape index (κ1) is 9.26. The molecule has 1 aliphatic rings. The molecule has 1 aromatic heterocycles. The highest BCUT2D eigenvalue weighted by Crippen LogP contribution is 2.27. The molecule has 14 heavy (non-hydrogen) atoms. The predicted octanol–water partition coefficient (Wildman–Crippen LogP) is 0.0124. The zero-order chi connectivity index (χ0) is 10.1. The van der Waals surface area contributed by atoms with Crippen LogP contribution in [0.5, 0.6) is 0 Å². The molecule has 1 atom stereocenters. The molecule has 0 saturated carbocycles. The van der Waals surface area contributed by atoms with Crippen molar-refractivity contribution in [1.29, 1.82) is 0 Å². The second-order valence-corrected chi connectivity index (χ2v) is 4.23. The summed E-state index contributed by atoms with van der Waals surface area (Å²) >= 11 is 1.33. The number of carbonyl (C=O) groups is 1. The Morgan fingerprint density at radius 3 is 3.21 bits per heavy atom. The van der Waals surface area contributed by atoms with E-state index in [1.165, 1.54) is 18.0 Å². The Morgan fingerprint density at radius 1 is 1.71 bits per heavy atom. The highest BCUT2D eigenvalue weighted by atomic mass is 32.2. The number of nitrogens with zero attached hydrogens (tertiary/aromatic N) is 1. The van der Waals surface area contributed by atoms with Crippen LogP contribution in [0.1, 0.15) is 11.3 Å². The summed E-state index contributed by atoms with van der Waals surface area (Å²) in [6.07, 6.45) is 1.89. The Balaban J connectivity index is 2.31. The van der Waals surface area contributed by atoms with Gasteiger partial charge in [0.15, 0.2) is 0 Å². The quantitative estimate of drug-likeness (QED) is 0.685. The number of aromatic nitrogens is 2. The molecule has 2 N–H and O–H groups in total. The van der Waals surface area contributed by atoms with Crippen LogP contribution in [0.15, 0.2) is 11.0 Å². The molecule has 0 saturated heterocycles. The van der Waals surface area contributed by atoms with Crippen LogP contribution < -0.4 is 5.69 Å². The maximum absolute atomic E-state index is 10.9. The van der Waals surface area contributed by atoms with E-state index in [1.54, 1.807) is 0 Å². The summed E-state index contributed by atoms with van der Waals surface area (Å²) in [6.45, 7) is 0. The molecule has 74 valence electrons. The van der Waals surface area contributed by atoms with Gasteiger partial charge in [-0.05, 0) is 12.0 Å². The smallest absolute Gasteiger partial charge is 0.345 e. The van der Waals surface area contributed by atoms with Crippen molar-refractivity contribution in [3.63, 3.8) is 0 Å². The third-order valence-corrected chi connectivity index (χ3v) is 3.32. The number of H-pyrrole nitrogens is 1. The number of fused-ring (bicyclic) bond motifs is 1. The summed E-state index contributed by atoms with van der Waals surface area (Å²) in [5, 5.41) is 8.38. The van der Waals surface area contributed by atoms with Gasteiger partial charge in [-0.3, -0.25) is 4.79 Å². The molecule has 0 amide bonds. The molecule has 0 fully saturated rings. The summed E-state index contributed by atoms with van der Waals surface area (Å²) in [5.74, 6) is -0.281. The molecule has 1 aromatic rings. The number of rotatable bonds is 1. The van der Waals surface area contributed by atoms with Crippen molar-refractivity contribution < 1.29 is 9.90 Å². The van der Waals surface area contributed by atoms with Crippen LogP contribution in [0.2, 0.25) is 0 Å². The molecule has 2 heterocycles. The van der Waals surface area contributed by atoms with Gasteiger partial charge < -0.3 is 10.1 Å². The molecule has 0 spiro atoms. The fourth-order valence-corrected chi connectivity index (χ4v) is 2.43. The van der Waals surface area contributed by atoms with Gasteiger partial charge in [0.05, 0.1) is 0 Å². The second-order valence-electron chi connectivity index (χ2n) is 3.03. The third-order valence-electron chi connectivity index (χ3n) is 2.09. The highest BCUT2D eigenvalue weighted by Gasteiger charge is 2.25. The van der Waals surface area contributed by atoms with E-state index in [4.69, 9.17) is 5.11 Å². The van der Waals surface area contributed by atoms with Gasteiger partial charge in [-0.15, -0.1) is 11.8 Å². The Morgan fingerprint density at radius 2 is 2.50 bits per heavy atom. The van der Waals surface area contributed by atoms with E-state index in [0.29, 0.717) is 12.2 Å². The molecule has 6 heteroatoms. The summed E-state index contributed by atoms with van der Waals surface area (Å²) in [5.41, 5.74) is 1.25. The average molecular weight is 212 g/mol. The fraction of sp³-hybridized carbons (Fsp3) is 0.375. The molecule has 2 rings (SSSR count). The Hall–Kier alpha value is -1.30. The largest absolute Gasteiger partial charge is 0.480 e. The molecule has 0 bridgehead atoms. The van der Waals surface area contributed by atoms with Crippen LogP contribution in [0.25, 0.3) is 0 Å². The van der Waals surface area contributed by atoms with Crippen molar-refractivity contribution in [3.8, 4) is 0 Å². The van der Waals surface area contributed by atoms with E-state index in [-0.39, 0.29) is 5.69 Å². The van der Waals surface area contributed by atoms with Gasteiger partial charge in [0, 0.05) is 17.6 Å². The Kier molecular flexibility index (Phi) is 2.28. The second kappa shape index (κ2) is 3.45. The molecule has 0 unspecified atom stereocenters. The summed E-state index contributed by atoms with van der Waals surface area (Å²) in [7, 11) is 0. The van der Waals surface area contributed by atoms with Gasteiger partial charge in [-0.1, -0.05) is 0 Å². The third kappa shape index (κ3) is 1.65. The van der Waals surface area contributed by atoms with Crippen molar-refractivity contribution >= 4 is 17.7 Å².